The van der Waals surface area contributed by atoms with Gasteiger partial charge in [0.15, 0.2) is 0 Å². The second kappa shape index (κ2) is 5.88. The number of hydrogen-bond acceptors (Lipinski definition) is 3. The van der Waals surface area contributed by atoms with E-state index in [1.807, 2.05) is 0 Å². The smallest absolute Gasteiger partial charge is 0.269 e. The Kier molecular flexibility index (Phi) is 4.20. The van der Waals surface area contributed by atoms with E-state index in [1.165, 1.54) is 24.3 Å². The molecule has 0 heterocycles. The number of nitrogens with zero attached hydrogens (tertiary/aromatic N) is 1. The molecular weight excluding hydrogens is 283 g/mol. The maximum Gasteiger partial charge on any atom is 0.269 e. The van der Waals surface area contributed by atoms with Gasteiger partial charge in [-0.15, -0.1) is 0 Å². The van der Waals surface area contributed by atoms with Gasteiger partial charge < -0.3 is 5.32 Å². The largest absolute Gasteiger partial charge is 0.381 e. The Morgan fingerprint density at radius 3 is 2.70 bits per heavy atom. The fourth-order valence-corrected chi connectivity index (χ4v) is 1.95. The Labute approximate surface area is 120 Å². The summed E-state index contributed by atoms with van der Waals surface area (Å²) in [6.07, 6.45) is 0. The zero-order chi connectivity index (χ0) is 14.7. The van der Waals surface area contributed by atoms with E-state index in [0.29, 0.717) is 22.7 Å². The van der Waals surface area contributed by atoms with E-state index in [1.54, 1.807) is 19.1 Å². The second-order valence-electron chi connectivity index (χ2n) is 4.35. The molecule has 0 amide bonds. The minimum atomic E-state index is -0.470. The van der Waals surface area contributed by atoms with Crippen molar-refractivity contribution in [3.8, 4) is 0 Å². The summed E-state index contributed by atoms with van der Waals surface area (Å²) in [6.45, 7) is 1.99. The van der Waals surface area contributed by atoms with E-state index in [9.17, 15) is 14.5 Å². The van der Waals surface area contributed by atoms with E-state index in [0.717, 1.165) is 5.69 Å². The minimum Gasteiger partial charge on any atom is -0.381 e. The molecule has 20 heavy (non-hydrogen) atoms. The molecule has 0 fully saturated rings. The Morgan fingerprint density at radius 2 is 2.05 bits per heavy atom. The summed E-state index contributed by atoms with van der Waals surface area (Å²) in [6, 6.07) is 8.91. The summed E-state index contributed by atoms with van der Waals surface area (Å²) in [5, 5.41) is 14.2. The molecule has 0 bridgehead atoms. The lowest BCUT2D eigenvalue weighted by Crippen LogP contribution is -2.01. The lowest BCUT2D eigenvalue weighted by atomic mass is 10.1. The van der Waals surface area contributed by atoms with Gasteiger partial charge in [0.25, 0.3) is 5.69 Å². The predicted molar refractivity (Wildman–Crippen MR) is 76.6 cm³/mol. The summed E-state index contributed by atoms with van der Waals surface area (Å²) < 4.78 is 13.1. The molecule has 0 unspecified atom stereocenters. The molecule has 0 aromatic heterocycles. The van der Waals surface area contributed by atoms with Gasteiger partial charge in [0.2, 0.25) is 0 Å². The Bertz CT molecular complexity index is 662. The van der Waals surface area contributed by atoms with Crippen LogP contribution in [-0.2, 0) is 6.54 Å². The van der Waals surface area contributed by atoms with Crippen LogP contribution in [0.4, 0.5) is 15.8 Å². The Balaban J connectivity index is 2.15. The molecule has 4 nitrogen and oxygen atoms in total. The van der Waals surface area contributed by atoms with Crippen molar-refractivity contribution < 1.29 is 9.31 Å². The first-order valence-corrected chi connectivity index (χ1v) is 6.28. The quantitative estimate of drug-likeness (QED) is 0.675. The Morgan fingerprint density at radius 1 is 1.30 bits per heavy atom. The van der Waals surface area contributed by atoms with E-state index in [-0.39, 0.29) is 11.5 Å². The fourth-order valence-electron chi connectivity index (χ4n) is 1.76. The van der Waals surface area contributed by atoms with Gasteiger partial charge >= 0.3 is 0 Å². The van der Waals surface area contributed by atoms with Gasteiger partial charge in [0.1, 0.15) is 5.82 Å². The zero-order valence-corrected chi connectivity index (χ0v) is 11.4. The normalized spacial score (nSPS) is 10.3. The van der Waals surface area contributed by atoms with Gasteiger partial charge in [-0.3, -0.25) is 10.1 Å². The van der Waals surface area contributed by atoms with Gasteiger partial charge in [0, 0.05) is 29.4 Å². The molecule has 0 aliphatic heterocycles. The first-order chi connectivity index (χ1) is 9.47. The molecule has 0 spiro atoms. The lowest BCUT2D eigenvalue weighted by Gasteiger charge is -2.09. The highest BCUT2D eigenvalue weighted by Crippen LogP contribution is 2.23. The summed E-state index contributed by atoms with van der Waals surface area (Å²) in [5.41, 5.74) is 1.86. The summed E-state index contributed by atoms with van der Waals surface area (Å²) >= 11 is 6.00. The summed E-state index contributed by atoms with van der Waals surface area (Å²) in [4.78, 5) is 10.3. The third-order valence-electron chi connectivity index (χ3n) is 2.88. The third-order valence-corrected chi connectivity index (χ3v) is 3.25. The van der Waals surface area contributed by atoms with E-state index >= 15 is 0 Å². The number of nitro benzene ring substituents is 1. The topological polar surface area (TPSA) is 55.2 Å². The van der Waals surface area contributed by atoms with E-state index in [4.69, 9.17) is 11.6 Å². The molecule has 2 aromatic rings. The molecule has 104 valence electrons. The van der Waals surface area contributed by atoms with Gasteiger partial charge in [-0.1, -0.05) is 11.6 Å². The van der Waals surface area contributed by atoms with Crippen LogP contribution in [0.25, 0.3) is 0 Å². The standard InChI is InChI=1S/C14H12ClFN2O2/c1-9-6-11(2-5-14(9)16)17-8-10-7-12(18(19)20)3-4-13(10)15/h2-7,17H,8H2,1H3. The van der Waals surface area contributed by atoms with Crippen molar-refractivity contribution in [2.75, 3.05) is 5.32 Å². The second-order valence-corrected chi connectivity index (χ2v) is 4.76. The number of aryl methyl sites for hydroxylation is 1. The zero-order valence-electron chi connectivity index (χ0n) is 10.7. The molecule has 2 aromatic carbocycles. The predicted octanol–water partition coefficient (Wildman–Crippen LogP) is 4.31. The number of hydrogen-bond donors (Lipinski definition) is 1. The molecule has 0 aliphatic rings. The highest BCUT2D eigenvalue weighted by Gasteiger charge is 2.09. The number of halogens is 2. The number of nitro groups is 1. The van der Waals surface area contributed by atoms with Gasteiger partial charge in [-0.05, 0) is 42.3 Å². The monoisotopic (exact) mass is 294 g/mol. The van der Waals surface area contributed by atoms with Crippen molar-refractivity contribution in [1.82, 2.24) is 0 Å². The van der Waals surface area contributed by atoms with Crippen molar-refractivity contribution in [2.45, 2.75) is 13.5 Å². The average molecular weight is 295 g/mol. The Hall–Kier alpha value is -2.14. The minimum absolute atomic E-state index is 0.0125. The molecule has 0 saturated carbocycles. The van der Waals surface area contributed by atoms with Gasteiger partial charge in [-0.2, -0.15) is 0 Å². The summed E-state index contributed by atoms with van der Waals surface area (Å²) in [7, 11) is 0. The number of non-ortho nitro benzene ring substituents is 1. The average Bonchev–Trinajstić information content (AvgIpc) is 2.41. The first kappa shape index (κ1) is 14.3. The first-order valence-electron chi connectivity index (χ1n) is 5.90. The molecule has 6 heteroatoms. The molecule has 0 aliphatic carbocycles. The molecule has 0 radical (unpaired) electrons. The van der Waals surface area contributed by atoms with Crippen LogP contribution >= 0.6 is 11.6 Å². The van der Waals surface area contributed by atoms with Crippen LogP contribution in [0.1, 0.15) is 11.1 Å². The number of benzene rings is 2. The van der Waals surface area contributed by atoms with Crippen molar-refractivity contribution in [1.29, 1.82) is 0 Å². The van der Waals surface area contributed by atoms with E-state index < -0.39 is 4.92 Å². The maximum absolute atomic E-state index is 13.1. The van der Waals surface area contributed by atoms with Crippen LogP contribution < -0.4 is 5.32 Å². The molecule has 2 rings (SSSR count). The van der Waals surface area contributed by atoms with Crippen molar-refractivity contribution in [2.24, 2.45) is 0 Å². The van der Waals surface area contributed by atoms with Crippen molar-refractivity contribution in [3.63, 3.8) is 0 Å². The van der Waals surface area contributed by atoms with Crippen LogP contribution in [0.5, 0.6) is 0 Å². The highest BCUT2D eigenvalue weighted by molar-refractivity contribution is 6.31. The van der Waals surface area contributed by atoms with Crippen LogP contribution in [0, 0.1) is 22.9 Å². The van der Waals surface area contributed by atoms with Crippen LogP contribution in [0.2, 0.25) is 5.02 Å². The molecular formula is C14H12ClFN2O2. The lowest BCUT2D eigenvalue weighted by molar-refractivity contribution is -0.384. The molecule has 0 atom stereocenters. The molecule has 0 saturated heterocycles. The SMILES string of the molecule is Cc1cc(NCc2cc([N+](=O)[O-])ccc2Cl)ccc1F. The van der Waals surface area contributed by atoms with Crippen LogP contribution in [-0.4, -0.2) is 4.92 Å². The summed E-state index contributed by atoms with van der Waals surface area (Å²) in [5.74, 6) is -0.274. The highest BCUT2D eigenvalue weighted by atomic mass is 35.5. The van der Waals surface area contributed by atoms with E-state index in [2.05, 4.69) is 5.32 Å². The molecule has 1 N–H and O–H groups in total. The number of rotatable bonds is 4. The van der Waals surface area contributed by atoms with Crippen molar-refractivity contribution >= 4 is 23.0 Å². The number of anilines is 1. The van der Waals surface area contributed by atoms with Crippen molar-refractivity contribution in [3.05, 3.63) is 68.5 Å². The fraction of sp³-hybridized carbons (Fsp3) is 0.143. The van der Waals surface area contributed by atoms with Crippen LogP contribution in [0.15, 0.2) is 36.4 Å². The maximum atomic E-state index is 13.1. The van der Waals surface area contributed by atoms with Gasteiger partial charge in [-0.25, -0.2) is 4.39 Å². The number of nitrogens with one attached hydrogen (secondary N) is 1. The third kappa shape index (κ3) is 3.24. The van der Waals surface area contributed by atoms with Gasteiger partial charge in [0.05, 0.1) is 4.92 Å². The van der Waals surface area contributed by atoms with Crippen LogP contribution in [0.3, 0.4) is 0 Å².